The van der Waals surface area contributed by atoms with E-state index in [0.29, 0.717) is 0 Å². The van der Waals surface area contributed by atoms with Crippen LogP contribution in [0.15, 0.2) is 0 Å². The van der Waals surface area contributed by atoms with Gasteiger partial charge in [-0.25, -0.2) is 0 Å². The van der Waals surface area contributed by atoms with Crippen LogP contribution in [-0.4, -0.2) is 15.5 Å². The van der Waals surface area contributed by atoms with E-state index in [0.717, 1.165) is 0 Å². The first kappa shape index (κ1) is 22.4. The minimum Gasteiger partial charge on any atom is -0.753 e. The molecule has 0 N–H and O–H groups in total. The number of hydrogen-bond donors (Lipinski definition) is 0. The normalized spacial score (nSPS) is 2.40. The van der Waals surface area contributed by atoms with Crippen LogP contribution >= 0.6 is 36.7 Å². The Morgan fingerprint density at radius 3 is 0.700 bits per heavy atom. The van der Waals surface area contributed by atoms with Crippen LogP contribution in [-0.2, 0) is 0 Å². The molecule has 0 rings (SSSR count). The zero-order chi connectivity index (χ0) is 8.12. The van der Waals surface area contributed by atoms with Gasteiger partial charge >= 0.3 is 38.2 Å². The molecule has 0 saturated heterocycles. The molecule has 0 saturated carbocycles. The van der Waals surface area contributed by atoms with Crippen LogP contribution in [0, 0.1) is 38.2 Å². The van der Waals surface area contributed by atoms with Gasteiger partial charge in [-0.05, 0) is 0 Å². The number of hydrogen-bond acceptors (Lipinski definition) is 3. The average molecular weight is 337 g/mol. The van der Waals surface area contributed by atoms with Gasteiger partial charge in [0.2, 0.25) is 0 Å². The second-order valence-corrected chi connectivity index (χ2v) is 0.822. The second-order valence-electron chi connectivity index (χ2n) is 0.274. The standard InChI is InChI=1S/3CNS.Dy/c3*2-1-3;/q3*-1;+3. The van der Waals surface area contributed by atoms with Crippen LogP contribution in [0.25, 0.3) is 16.2 Å². The molecule has 1 radical (unpaired) electrons. The second kappa shape index (κ2) is 53.9. The molecule has 0 unspecified atom stereocenters. The zero-order valence-corrected chi connectivity index (χ0v) is 8.86. The molecule has 0 bridgehead atoms. The average Bonchev–Trinajstić information content (AvgIpc) is 1.70. The van der Waals surface area contributed by atoms with E-state index in [-0.39, 0.29) is 38.2 Å². The van der Waals surface area contributed by atoms with Gasteiger partial charge in [-0.1, -0.05) is 36.7 Å². The summed E-state index contributed by atoms with van der Waals surface area (Å²) in [4.78, 5) is 0. The summed E-state index contributed by atoms with van der Waals surface area (Å²) in [7, 11) is 0. The Morgan fingerprint density at radius 2 is 0.700 bits per heavy atom. The fraction of sp³-hybridized carbons (Fsp3) is 0. The molecule has 0 fully saturated rings. The topological polar surface area (TPSA) is 66.9 Å². The molecule has 0 aromatic heterocycles. The molecule has 0 heterocycles. The van der Waals surface area contributed by atoms with E-state index in [9.17, 15) is 0 Å². The van der Waals surface area contributed by atoms with Crippen LogP contribution in [0.3, 0.4) is 0 Å². The van der Waals surface area contributed by atoms with Crippen molar-refractivity contribution in [1.82, 2.24) is 0 Å². The van der Waals surface area contributed by atoms with Gasteiger partial charge in [-0.2, -0.15) is 15.5 Å². The van der Waals surface area contributed by atoms with Crippen molar-refractivity contribution in [1.29, 1.82) is 0 Å². The summed E-state index contributed by atoms with van der Waals surface area (Å²) >= 11 is 11.1. The van der Waals surface area contributed by atoms with Crippen LogP contribution in [0.2, 0.25) is 0 Å². The molecule has 3 nitrogen and oxygen atoms in total. The summed E-state index contributed by atoms with van der Waals surface area (Å²) in [5.41, 5.74) is 0. The Labute approximate surface area is 105 Å². The van der Waals surface area contributed by atoms with Crippen molar-refractivity contribution in [3.8, 4) is 0 Å². The van der Waals surface area contributed by atoms with Crippen LogP contribution < -0.4 is 0 Å². The zero-order valence-electron chi connectivity index (χ0n) is 4.38. The third kappa shape index (κ3) is 1130. The molecule has 0 aromatic rings. The van der Waals surface area contributed by atoms with Crippen molar-refractivity contribution in [2.24, 2.45) is 0 Å². The van der Waals surface area contributed by atoms with Gasteiger partial charge in [-0.3, -0.25) is 0 Å². The maximum Gasteiger partial charge on any atom is 3.00 e. The van der Waals surface area contributed by atoms with Crippen LogP contribution in [0.4, 0.5) is 0 Å². The Balaban J connectivity index is -0.0000000257. The number of thiocarbonyl (C=S) groups is 3. The molecule has 0 aliphatic rings. The van der Waals surface area contributed by atoms with E-state index in [4.69, 9.17) is 16.2 Å². The molecule has 10 heavy (non-hydrogen) atoms. The summed E-state index contributed by atoms with van der Waals surface area (Å²) in [6.07, 6.45) is 0. The van der Waals surface area contributed by atoms with E-state index in [2.05, 4.69) is 36.7 Å². The third-order valence-electron chi connectivity index (χ3n) is 0. The molecule has 0 atom stereocenters. The number of rotatable bonds is 0. The maximum absolute atomic E-state index is 7.13. The fourth-order valence-corrected chi connectivity index (χ4v) is 0. The van der Waals surface area contributed by atoms with Gasteiger partial charge in [0, 0.05) is 0 Å². The molecule has 0 amide bonds. The van der Waals surface area contributed by atoms with Gasteiger partial charge in [0.25, 0.3) is 0 Å². The van der Waals surface area contributed by atoms with Crippen LogP contribution in [0.5, 0.6) is 0 Å². The molecular formula is C3DyN3S3. The fourth-order valence-electron chi connectivity index (χ4n) is 0. The SMILES string of the molecule is [Dy+3].[N-]=C=S.[N-]=C=S.[N-]=C=S. The van der Waals surface area contributed by atoms with E-state index in [1.54, 1.807) is 0 Å². The Hall–Kier alpha value is 0.673. The quantitative estimate of drug-likeness (QED) is 0.502. The largest absolute Gasteiger partial charge is 3.00 e. The summed E-state index contributed by atoms with van der Waals surface area (Å²) in [6.45, 7) is 0. The molecule has 0 aromatic carbocycles. The predicted octanol–water partition coefficient (Wildman–Crippen LogP) is 1.98. The van der Waals surface area contributed by atoms with Crippen molar-refractivity contribution < 1.29 is 38.2 Å². The van der Waals surface area contributed by atoms with Gasteiger partial charge in [0.05, 0.1) is 0 Å². The van der Waals surface area contributed by atoms with Crippen molar-refractivity contribution in [3.63, 3.8) is 0 Å². The van der Waals surface area contributed by atoms with Crippen molar-refractivity contribution >= 4 is 52.1 Å². The Morgan fingerprint density at radius 1 is 0.700 bits per heavy atom. The first-order chi connectivity index (χ1) is 4.24. The van der Waals surface area contributed by atoms with Crippen LogP contribution in [0.1, 0.15) is 0 Å². The monoisotopic (exact) mass is 338 g/mol. The van der Waals surface area contributed by atoms with Crippen molar-refractivity contribution in [2.75, 3.05) is 0 Å². The Bertz CT molecular complexity index is 111. The molecular weight excluding hydrogens is 337 g/mol. The van der Waals surface area contributed by atoms with Gasteiger partial charge in [-0.15, -0.1) is 0 Å². The summed E-state index contributed by atoms with van der Waals surface area (Å²) in [6, 6.07) is 0. The summed E-state index contributed by atoms with van der Waals surface area (Å²) in [5.74, 6) is 0. The minimum atomic E-state index is 0. The van der Waals surface area contributed by atoms with E-state index in [1.807, 2.05) is 0 Å². The summed E-state index contributed by atoms with van der Waals surface area (Å²) in [5, 5.41) is 25.4. The van der Waals surface area contributed by atoms with Gasteiger partial charge in [0.1, 0.15) is 0 Å². The molecule has 7 heteroatoms. The summed E-state index contributed by atoms with van der Waals surface area (Å²) < 4.78 is 0. The first-order valence-corrected chi connectivity index (χ1v) is 2.51. The van der Waals surface area contributed by atoms with Crippen molar-refractivity contribution in [3.05, 3.63) is 16.2 Å². The number of isothiocyanates is 3. The predicted molar refractivity (Wildman–Crippen MR) is 47.9 cm³/mol. The van der Waals surface area contributed by atoms with E-state index >= 15 is 0 Å². The molecule has 0 spiro atoms. The molecule has 0 aliphatic heterocycles. The third-order valence-corrected chi connectivity index (χ3v) is 0. The Kier molecular flexibility index (Phi) is 121. The molecule has 55 valence electrons. The smallest absolute Gasteiger partial charge is 0.753 e. The van der Waals surface area contributed by atoms with Crippen molar-refractivity contribution in [2.45, 2.75) is 0 Å². The van der Waals surface area contributed by atoms with E-state index in [1.165, 1.54) is 15.5 Å². The molecule has 0 aliphatic carbocycles. The minimum absolute atomic E-state index is 0. The first-order valence-electron chi connectivity index (χ1n) is 1.28. The number of nitrogens with zero attached hydrogens (tertiary/aromatic N) is 3. The van der Waals surface area contributed by atoms with Gasteiger partial charge in [0.15, 0.2) is 0 Å². The van der Waals surface area contributed by atoms with E-state index < -0.39 is 0 Å². The van der Waals surface area contributed by atoms with Gasteiger partial charge < -0.3 is 16.2 Å². The maximum atomic E-state index is 7.13.